The molecular weight excluding hydrogens is 595 g/mol. The monoisotopic (exact) mass is 620 g/mol. The van der Waals surface area contributed by atoms with E-state index in [0.717, 1.165) is 6.42 Å². The number of hydrogen-bond donors (Lipinski definition) is 2. The lowest BCUT2D eigenvalue weighted by molar-refractivity contribution is -0.111. The second-order valence-corrected chi connectivity index (χ2v) is 10.3. The third-order valence-electron chi connectivity index (χ3n) is 6.92. The highest BCUT2D eigenvalue weighted by Crippen LogP contribution is 2.47. The summed E-state index contributed by atoms with van der Waals surface area (Å²) >= 11 is 13.5. The van der Waals surface area contributed by atoms with Crippen molar-refractivity contribution in [1.29, 1.82) is 0 Å². The highest BCUT2D eigenvalue weighted by molar-refractivity contribution is 6.41. The van der Waals surface area contributed by atoms with Crippen LogP contribution in [0.5, 0.6) is 17.2 Å². The van der Waals surface area contributed by atoms with Crippen LogP contribution in [0, 0.1) is 0 Å². The predicted molar refractivity (Wildman–Crippen MR) is 165 cm³/mol. The number of nitrogens with zero attached hydrogens (tertiary/aromatic N) is 4. The maximum absolute atomic E-state index is 12.2. The van der Waals surface area contributed by atoms with E-state index >= 15 is 0 Å². The second kappa shape index (κ2) is 12.0. The third kappa shape index (κ3) is 5.50. The number of imidazole rings is 1. The Bertz CT molecular complexity index is 1840. The smallest absolute Gasteiger partial charge is 0.247 e. The SMILES string of the molecule is C=CC(=O)Nc1cc(OC2CCOC2)ccc1Nc1ncc2cc(-c3c(Cl)c(OC)cc(OC)c3Cl)c3nccn3c2n1. The normalized spacial score (nSPS) is 14.6. The molecule has 11 nitrogen and oxygen atoms in total. The highest BCUT2D eigenvalue weighted by Gasteiger charge is 2.23. The van der Waals surface area contributed by atoms with E-state index in [1.165, 1.54) is 20.3 Å². The van der Waals surface area contributed by atoms with E-state index in [4.69, 9.17) is 47.1 Å². The zero-order valence-corrected chi connectivity index (χ0v) is 24.7. The Kier molecular flexibility index (Phi) is 7.94. The average Bonchev–Trinajstić information content (AvgIpc) is 3.72. The summed E-state index contributed by atoms with van der Waals surface area (Å²) in [6.45, 7) is 4.73. The summed E-state index contributed by atoms with van der Waals surface area (Å²) in [4.78, 5) is 26.1. The molecule has 0 radical (unpaired) electrons. The standard InChI is InChI=1S/C30H26Cl2N6O5/c1-4-24(39)35-21-12-17(43-18-7-10-42-15-18)5-6-20(21)36-30-34-14-16-11-19(29-33-8-9-38(29)28(16)37-30)25-26(31)22(40-2)13-23(41-3)27(25)32/h4-6,8-9,11-14,18H,1,7,10,15H2,2-3H3,(H,35,39)(H,34,36,37). The molecular formula is C30H26Cl2N6O5. The molecule has 1 fully saturated rings. The van der Waals surface area contributed by atoms with Crippen molar-refractivity contribution in [3.05, 3.63) is 71.6 Å². The molecule has 2 aromatic carbocycles. The first kappa shape index (κ1) is 28.5. The largest absolute Gasteiger partial charge is 0.495 e. The molecule has 1 saturated heterocycles. The molecule has 1 aliphatic heterocycles. The van der Waals surface area contributed by atoms with Gasteiger partial charge in [0.25, 0.3) is 0 Å². The molecule has 0 bridgehead atoms. The highest BCUT2D eigenvalue weighted by atomic mass is 35.5. The summed E-state index contributed by atoms with van der Waals surface area (Å²) in [5, 5.41) is 7.36. The Hall–Kier alpha value is -4.58. The van der Waals surface area contributed by atoms with Crippen LogP contribution in [0.4, 0.5) is 17.3 Å². The second-order valence-electron chi connectivity index (χ2n) is 9.56. The van der Waals surface area contributed by atoms with Gasteiger partial charge in [-0.05, 0) is 24.3 Å². The fraction of sp³-hybridized carbons (Fsp3) is 0.200. The van der Waals surface area contributed by atoms with Gasteiger partial charge in [0, 0.05) is 53.7 Å². The molecule has 3 aromatic heterocycles. The number of pyridine rings is 1. The molecule has 220 valence electrons. The number of carbonyl (C=O) groups excluding carboxylic acids is 1. The Morgan fingerprint density at radius 3 is 2.58 bits per heavy atom. The summed E-state index contributed by atoms with van der Waals surface area (Å²) in [5.74, 6) is 1.33. The fourth-order valence-electron chi connectivity index (χ4n) is 4.85. The van der Waals surface area contributed by atoms with E-state index in [9.17, 15) is 4.79 Å². The molecule has 5 aromatic rings. The molecule has 4 heterocycles. The lowest BCUT2D eigenvalue weighted by atomic mass is 10.0. The van der Waals surface area contributed by atoms with Crippen LogP contribution in [0.2, 0.25) is 10.0 Å². The van der Waals surface area contributed by atoms with Crippen molar-refractivity contribution >= 4 is 63.1 Å². The lowest BCUT2D eigenvalue weighted by Crippen LogP contribution is -2.16. The van der Waals surface area contributed by atoms with Crippen LogP contribution in [0.3, 0.4) is 0 Å². The summed E-state index contributed by atoms with van der Waals surface area (Å²) in [7, 11) is 3.04. The molecule has 0 aliphatic carbocycles. The van der Waals surface area contributed by atoms with Crippen LogP contribution >= 0.6 is 23.2 Å². The van der Waals surface area contributed by atoms with Crippen molar-refractivity contribution in [2.45, 2.75) is 12.5 Å². The molecule has 1 amide bonds. The number of ether oxygens (including phenoxy) is 4. The molecule has 43 heavy (non-hydrogen) atoms. The minimum absolute atomic E-state index is 0.0455. The van der Waals surface area contributed by atoms with Gasteiger partial charge in [0.1, 0.15) is 29.0 Å². The summed E-state index contributed by atoms with van der Waals surface area (Å²) in [6.07, 6.45) is 7.06. The summed E-state index contributed by atoms with van der Waals surface area (Å²) in [5.41, 5.74) is 3.33. The Morgan fingerprint density at radius 1 is 1.09 bits per heavy atom. The molecule has 1 aliphatic rings. The molecule has 6 rings (SSSR count). The van der Waals surface area contributed by atoms with E-state index in [-0.39, 0.29) is 12.0 Å². The van der Waals surface area contributed by atoms with Crippen molar-refractivity contribution in [2.75, 3.05) is 38.1 Å². The summed E-state index contributed by atoms with van der Waals surface area (Å²) in [6, 6.07) is 8.82. The Balaban J connectivity index is 1.40. The number of carbonyl (C=O) groups is 1. The number of fused-ring (bicyclic) bond motifs is 3. The maximum atomic E-state index is 12.2. The van der Waals surface area contributed by atoms with Gasteiger partial charge in [-0.15, -0.1) is 0 Å². The third-order valence-corrected chi connectivity index (χ3v) is 7.67. The molecule has 13 heteroatoms. The van der Waals surface area contributed by atoms with Gasteiger partial charge in [-0.1, -0.05) is 29.8 Å². The van der Waals surface area contributed by atoms with Gasteiger partial charge >= 0.3 is 0 Å². The number of hydrogen-bond acceptors (Lipinski definition) is 9. The van der Waals surface area contributed by atoms with Crippen molar-refractivity contribution in [1.82, 2.24) is 19.4 Å². The van der Waals surface area contributed by atoms with Crippen LogP contribution in [0.1, 0.15) is 6.42 Å². The van der Waals surface area contributed by atoms with Crippen LogP contribution < -0.4 is 24.8 Å². The predicted octanol–water partition coefficient (Wildman–Crippen LogP) is 6.30. The van der Waals surface area contributed by atoms with Gasteiger partial charge in [0.05, 0.1) is 48.9 Å². The van der Waals surface area contributed by atoms with E-state index in [0.29, 0.717) is 85.6 Å². The number of halogens is 2. The number of amides is 1. The number of benzene rings is 2. The number of rotatable bonds is 9. The van der Waals surface area contributed by atoms with E-state index in [2.05, 4.69) is 27.2 Å². The topological polar surface area (TPSA) is 121 Å². The number of nitrogens with one attached hydrogen (secondary N) is 2. The van der Waals surface area contributed by atoms with Crippen molar-refractivity contribution in [3.8, 4) is 28.4 Å². The first-order valence-corrected chi connectivity index (χ1v) is 14.0. The Morgan fingerprint density at radius 2 is 1.88 bits per heavy atom. The molecule has 1 atom stereocenters. The van der Waals surface area contributed by atoms with Gasteiger partial charge in [-0.2, -0.15) is 4.98 Å². The minimum Gasteiger partial charge on any atom is -0.495 e. The van der Waals surface area contributed by atoms with Gasteiger partial charge < -0.3 is 29.6 Å². The summed E-state index contributed by atoms with van der Waals surface area (Å²) < 4.78 is 24.2. The van der Waals surface area contributed by atoms with Gasteiger partial charge in [0.2, 0.25) is 11.9 Å². The first-order chi connectivity index (χ1) is 20.9. The number of aromatic nitrogens is 4. The quantitative estimate of drug-likeness (QED) is 0.183. The van der Waals surface area contributed by atoms with Crippen molar-refractivity contribution in [2.24, 2.45) is 0 Å². The van der Waals surface area contributed by atoms with Crippen LogP contribution in [0.15, 0.2) is 61.6 Å². The van der Waals surface area contributed by atoms with Crippen LogP contribution in [-0.4, -0.2) is 58.8 Å². The van der Waals surface area contributed by atoms with Crippen LogP contribution in [0.25, 0.3) is 27.8 Å². The van der Waals surface area contributed by atoms with Crippen LogP contribution in [-0.2, 0) is 9.53 Å². The molecule has 0 saturated carbocycles. The zero-order valence-electron chi connectivity index (χ0n) is 23.2. The molecule has 2 N–H and O–H groups in total. The van der Waals surface area contributed by atoms with Crippen molar-refractivity contribution in [3.63, 3.8) is 0 Å². The average molecular weight is 621 g/mol. The van der Waals surface area contributed by atoms with E-state index in [1.54, 1.807) is 36.8 Å². The number of anilines is 3. The molecule has 0 spiro atoms. The molecule has 1 unspecified atom stereocenters. The Labute approximate surface area is 256 Å². The zero-order chi connectivity index (χ0) is 30.1. The van der Waals surface area contributed by atoms with Gasteiger partial charge in [-0.25, -0.2) is 9.97 Å². The van der Waals surface area contributed by atoms with Gasteiger partial charge in [-0.3, -0.25) is 9.20 Å². The van der Waals surface area contributed by atoms with Crippen molar-refractivity contribution < 1.29 is 23.7 Å². The maximum Gasteiger partial charge on any atom is 0.247 e. The van der Waals surface area contributed by atoms with Gasteiger partial charge in [0.15, 0.2) is 5.65 Å². The first-order valence-electron chi connectivity index (χ1n) is 13.2. The number of methoxy groups -OCH3 is 2. The minimum atomic E-state index is -0.372. The lowest BCUT2D eigenvalue weighted by Gasteiger charge is -2.17. The van der Waals surface area contributed by atoms with E-state index in [1.807, 2.05) is 16.5 Å². The van der Waals surface area contributed by atoms with E-state index < -0.39 is 0 Å². The fourth-order valence-corrected chi connectivity index (χ4v) is 5.55.